The van der Waals surface area contributed by atoms with Crippen molar-refractivity contribution in [1.82, 2.24) is 14.4 Å². The fourth-order valence-corrected chi connectivity index (χ4v) is 2.10. The van der Waals surface area contributed by atoms with Crippen molar-refractivity contribution in [2.24, 2.45) is 5.84 Å². The highest BCUT2D eigenvalue weighted by Crippen LogP contribution is 2.21. The fraction of sp³-hybridized carbons (Fsp3) is 0.455. The third-order valence-electron chi connectivity index (χ3n) is 3.19. The molecule has 0 saturated carbocycles. The van der Waals surface area contributed by atoms with Crippen LogP contribution in [-0.4, -0.2) is 44.8 Å². The maximum atomic E-state index is 10.2. The molecule has 0 aliphatic carbocycles. The number of rotatable bonds is 4. The molecule has 5 N–H and O–H groups in total. The molecule has 0 spiro atoms. The normalized spacial score (nSPS) is 22.8. The van der Waals surface area contributed by atoms with Crippen molar-refractivity contribution in [2.45, 2.75) is 12.0 Å². The highest BCUT2D eigenvalue weighted by molar-refractivity contribution is 5.65. The zero-order chi connectivity index (χ0) is 13.3. The Kier molecular flexibility index (Phi) is 2.97. The summed E-state index contributed by atoms with van der Waals surface area (Å²) in [6.07, 6.45) is 5.83. The summed E-state index contributed by atoms with van der Waals surface area (Å²) >= 11 is 0. The second-order valence-corrected chi connectivity index (χ2v) is 4.66. The highest BCUT2D eigenvalue weighted by atomic mass is 16.5. The molecule has 1 saturated heterocycles. The van der Waals surface area contributed by atoms with E-state index < -0.39 is 5.60 Å². The number of aliphatic hydroxyl groups is 1. The smallest absolute Gasteiger partial charge is 0.180 e. The van der Waals surface area contributed by atoms with Gasteiger partial charge in [0.25, 0.3) is 0 Å². The average Bonchev–Trinajstić information content (AvgIpc) is 3.04. The van der Waals surface area contributed by atoms with Gasteiger partial charge in [0.2, 0.25) is 0 Å². The SMILES string of the molecule is NNc1cn2ccnc2c(NCC2(O)CCOC2)n1. The van der Waals surface area contributed by atoms with E-state index in [4.69, 9.17) is 10.6 Å². The van der Waals surface area contributed by atoms with Gasteiger partial charge in [-0.3, -0.25) is 0 Å². The van der Waals surface area contributed by atoms with Crippen molar-refractivity contribution in [1.29, 1.82) is 0 Å². The summed E-state index contributed by atoms with van der Waals surface area (Å²) in [6, 6.07) is 0. The van der Waals surface area contributed by atoms with Gasteiger partial charge in [0.05, 0.1) is 12.8 Å². The van der Waals surface area contributed by atoms with Gasteiger partial charge in [-0.1, -0.05) is 0 Å². The molecule has 0 bridgehead atoms. The molecule has 1 fully saturated rings. The summed E-state index contributed by atoms with van der Waals surface area (Å²) < 4.78 is 7.01. The van der Waals surface area contributed by atoms with E-state index in [0.717, 1.165) is 0 Å². The Labute approximate surface area is 109 Å². The molecule has 19 heavy (non-hydrogen) atoms. The second-order valence-electron chi connectivity index (χ2n) is 4.66. The average molecular weight is 264 g/mol. The van der Waals surface area contributed by atoms with Gasteiger partial charge in [-0.15, -0.1) is 0 Å². The molecule has 8 nitrogen and oxygen atoms in total. The molecule has 2 aromatic rings. The van der Waals surface area contributed by atoms with Crippen molar-refractivity contribution in [3.05, 3.63) is 18.6 Å². The first-order valence-electron chi connectivity index (χ1n) is 6.04. The first kappa shape index (κ1) is 12.2. The summed E-state index contributed by atoms with van der Waals surface area (Å²) in [7, 11) is 0. The molecule has 1 aliphatic rings. The van der Waals surface area contributed by atoms with E-state index in [2.05, 4.69) is 20.7 Å². The molecule has 0 radical (unpaired) electrons. The molecule has 0 amide bonds. The van der Waals surface area contributed by atoms with Crippen molar-refractivity contribution < 1.29 is 9.84 Å². The minimum absolute atomic E-state index is 0.333. The zero-order valence-electron chi connectivity index (χ0n) is 10.3. The molecular formula is C11H16N6O2. The van der Waals surface area contributed by atoms with E-state index in [0.29, 0.717) is 43.5 Å². The lowest BCUT2D eigenvalue weighted by molar-refractivity contribution is 0.0381. The van der Waals surface area contributed by atoms with Crippen LogP contribution in [0.3, 0.4) is 0 Å². The van der Waals surface area contributed by atoms with E-state index in [1.807, 2.05) is 0 Å². The van der Waals surface area contributed by atoms with Crippen LogP contribution in [0.2, 0.25) is 0 Å². The monoisotopic (exact) mass is 264 g/mol. The predicted octanol–water partition coefficient (Wildman–Crippen LogP) is -0.422. The number of aromatic nitrogens is 3. The molecule has 0 aromatic carbocycles. The maximum absolute atomic E-state index is 10.2. The molecule has 3 heterocycles. The Morgan fingerprint density at radius 1 is 1.58 bits per heavy atom. The van der Waals surface area contributed by atoms with E-state index in [1.165, 1.54) is 0 Å². The van der Waals surface area contributed by atoms with Crippen LogP contribution >= 0.6 is 0 Å². The van der Waals surface area contributed by atoms with Crippen LogP contribution in [0, 0.1) is 0 Å². The van der Waals surface area contributed by atoms with Crippen LogP contribution in [0.4, 0.5) is 11.6 Å². The van der Waals surface area contributed by atoms with Crippen LogP contribution in [0.15, 0.2) is 18.6 Å². The minimum Gasteiger partial charge on any atom is -0.386 e. The standard InChI is InChI=1S/C11H16N6O2/c12-16-8-5-17-3-2-13-10(17)9(15-8)14-6-11(18)1-4-19-7-11/h2-3,5,16,18H,1,4,6-7,12H2,(H,14,15). The third-order valence-corrected chi connectivity index (χ3v) is 3.19. The summed E-state index contributed by atoms with van der Waals surface area (Å²) in [5.41, 5.74) is 2.33. The first-order valence-corrected chi connectivity index (χ1v) is 6.04. The van der Waals surface area contributed by atoms with Crippen LogP contribution in [0.25, 0.3) is 5.65 Å². The van der Waals surface area contributed by atoms with E-state index in [-0.39, 0.29) is 0 Å². The van der Waals surface area contributed by atoms with Crippen LogP contribution < -0.4 is 16.6 Å². The summed E-state index contributed by atoms with van der Waals surface area (Å²) in [5, 5.41) is 13.3. The predicted molar refractivity (Wildman–Crippen MR) is 69.7 cm³/mol. The van der Waals surface area contributed by atoms with E-state index >= 15 is 0 Å². The summed E-state index contributed by atoms with van der Waals surface area (Å²) in [4.78, 5) is 8.52. The molecule has 102 valence electrons. The molecule has 2 aromatic heterocycles. The molecule has 1 aliphatic heterocycles. The number of imidazole rings is 1. The van der Waals surface area contributed by atoms with Crippen molar-refractivity contribution in [2.75, 3.05) is 30.5 Å². The van der Waals surface area contributed by atoms with Gasteiger partial charge in [0.1, 0.15) is 5.60 Å². The van der Waals surface area contributed by atoms with E-state index in [9.17, 15) is 5.11 Å². The molecule has 8 heteroatoms. The Hall–Kier alpha value is -1.90. The van der Waals surface area contributed by atoms with Crippen LogP contribution in [-0.2, 0) is 4.74 Å². The lowest BCUT2D eigenvalue weighted by Gasteiger charge is -2.21. The van der Waals surface area contributed by atoms with Gasteiger partial charge in [-0.05, 0) is 0 Å². The van der Waals surface area contributed by atoms with Gasteiger partial charge in [-0.25, -0.2) is 15.8 Å². The Morgan fingerprint density at radius 2 is 2.47 bits per heavy atom. The highest BCUT2D eigenvalue weighted by Gasteiger charge is 2.32. The third kappa shape index (κ3) is 2.33. The molecule has 1 unspecified atom stereocenters. The van der Waals surface area contributed by atoms with Gasteiger partial charge in [0, 0.05) is 32.0 Å². The number of ether oxygens (including phenoxy) is 1. The van der Waals surface area contributed by atoms with Gasteiger partial charge in [0.15, 0.2) is 17.3 Å². The fourth-order valence-electron chi connectivity index (χ4n) is 2.10. The van der Waals surface area contributed by atoms with Crippen molar-refractivity contribution in [3.63, 3.8) is 0 Å². The van der Waals surface area contributed by atoms with E-state index in [1.54, 1.807) is 23.0 Å². The lowest BCUT2D eigenvalue weighted by atomic mass is 10.0. The zero-order valence-corrected chi connectivity index (χ0v) is 10.3. The Morgan fingerprint density at radius 3 is 3.21 bits per heavy atom. The second kappa shape index (κ2) is 4.65. The van der Waals surface area contributed by atoms with Gasteiger partial charge in [-0.2, -0.15) is 0 Å². The number of nitrogens with one attached hydrogen (secondary N) is 2. The number of nitrogen functional groups attached to an aromatic ring is 1. The number of fused-ring (bicyclic) bond motifs is 1. The van der Waals surface area contributed by atoms with Gasteiger partial charge >= 0.3 is 0 Å². The van der Waals surface area contributed by atoms with Crippen molar-refractivity contribution in [3.8, 4) is 0 Å². The number of hydrogen-bond donors (Lipinski definition) is 4. The number of nitrogens with zero attached hydrogens (tertiary/aromatic N) is 3. The number of hydrazine groups is 1. The Bertz CT molecular complexity index is 578. The van der Waals surface area contributed by atoms with Crippen LogP contribution in [0.1, 0.15) is 6.42 Å². The molecule has 3 rings (SSSR count). The number of nitrogens with two attached hydrogens (primary N) is 1. The molecule has 1 atom stereocenters. The maximum Gasteiger partial charge on any atom is 0.180 e. The topological polar surface area (TPSA) is 110 Å². The Balaban J connectivity index is 1.85. The summed E-state index contributed by atoms with van der Waals surface area (Å²) in [5.74, 6) is 6.47. The number of anilines is 2. The first-order chi connectivity index (χ1) is 9.20. The van der Waals surface area contributed by atoms with Crippen molar-refractivity contribution >= 4 is 17.3 Å². The van der Waals surface area contributed by atoms with Gasteiger partial charge < -0.3 is 25.0 Å². The van der Waals surface area contributed by atoms with Crippen LogP contribution in [0.5, 0.6) is 0 Å². The minimum atomic E-state index is -0.850. The number of hydrogen-bond acceptors (Lipinski definition) is 7. The quantitative estimate of drug-likeness (QED) is 0.438. The largest absolute Gasteiger partial charge is 0.386 e. The summed E-state index contributed by atoms with van der Waals surface area (Å²) in [6.45, 7) is 1.27. The lowest BCUT2D eigenvalue weighted by Crippen LogP contribution is -2.37. The molecular weight excluding hydrogens is 248 g/mol.